The Morgan fingerprint density at radius 3 is 2.72 bits per heavy atom. The molecule has 0 aliphatic carbocycles. The van der Waals surface area contributed by atoms with Crippen LogP contribution in [0.5, 0.6) is 5.75 Å². The number of H-pyrrole nitrogens is 1. The number of hydrogen-bond donors (Lipinski definition) is 3. The highest BCUT2D eigenvalue weighted by Crippen LogP contribution is 2.46. The lowest BCUT2D eigenvalue weighted by Crippen LogP contribution is -2.36. The molecule has 15 nitrogen and oxygen atoms in total. The van der Waals surface area contributed by atoms with Crippen LogP contribution in [0, 0.1) is 10.1 Å². The van der Waals surface area contributed by atoms with Crippen molar-refractivity contribution >= 4 is 41.4 Å². The number of nitro benzene ring substituents is 1. The Hall–Kier alpha value is -3.14. The van der Waals surface area contributed by atoms with E-state index in [1.807, 2.05) is 0 Å². The van der Waals surface area contributed by atoms with Crippen molar-refractivity contribution in [3.63, 3.8) is 0 Å². The summed E-state index contributed by atoms with van der Waals surface area (Å²) >= 11 is 3.06. The number of ether oxygens (including phenoxy) is 2. The molecule has 3 rings (SSSR count). The first-order chi connectivity index (χ1) is 18.5. The van der Waals surface area contributed by atoms with Crippen molar-refractivity contribution in [1.29, 1.82) is 0 Å². The smallest absolute Gasteiger partial charge is 0.459 e. The van der Waals surface area contributed by atoms with Gasteiger partial charge in [0, 0.05) is 24.8 Å². The zero-order valence-corrected chi connectivity index (χ0v) is 23.2. The summed E-state index contributed by atoms with van der Waals surface area (Å²) in [7, 11) is -4.36. The van der Waals surface area contributed by atoms with Gasteiger partial charge in [-0.3, -0.25) is 33.8 Å². The molecule has 1 aromatic carbocycles. The molecule has 1 aliphatic heterocycles. The number of non-ortho nitro benzene ring substituents is 1. The number of benzene rings is 1. The molecule has 39 heavy (non-hydrogen) atoms. The highest BCUT2D eigenvalue weighted by atomic mass is 79.9. The van der Waals surface area contributed by atoms with E-state index in [0.29, 0.717) is 0 Å². The molecule has 0 radical (unpaired) electrons. The minimum absolute atomic E-state index is 0.0579. The Morgan fingerprint density at radius 2 is 2.10 bits per heavy atom. The van der Waals surface area contributed by atoms with E-state index in [-0.39, 0.29) is 30.0 Å². The fourth-order valence-corrected chi connectivity index (χ4v) is 5.31. The van der Waals surface area contributed by atoms with Crippen molar-refractivity contribution in [2.75, 3.05) is 13.2 Å². The molecule has 0 spiro atoms. The number of hydrogen-bond acceptors (Lipinski definition) is 11. The predicted molar refractivity (Wildman–Crippen MR) is 140 cm³/mol. The Balaban J connectivity index is 1.78. The van der Waals surface area contributed by atoms with Gasteiger partial charge in [0.15, 0.2) is 0 Å². The lowest BCUT2D eigenvalue weighted by atomic mass is 10.2. The molecule has 1 fully saturated rings. The Labute approximate surface area is 229 Å². The summed E-state index contributed by atoms with van der Waals surface area (Å²) in [6.45, 7) is 2.53. The second kappa shape index (κ2) is 13.3. The number of aliphatic hydroxyl groups is 1. The highest BCUT2D eigenvalue weighted by molar-refractivity contribution is 9.11. The maximum Gasteiger partial charge on any atom is 0.459 e. The van der Waals surface area contributed by atoms with Gasteiger partial charge in [0.05, 0.1) is 29.8 Å². The lowest BCUT2D eigenvalue weighted by Gasteiger charge is -2.24. The third-order valence-corrected chi connectivity index (χ3v) is 7.33. The molecule has 17 heteroatoms. The first-order valence-corrected chi connectivity index (χ1v) is 14.0. The Bertz CT molecular complexity index is 1380. The highest BCUT2D eigenvalue weighted by Gasteiger charge is 2.39. The molecule has 3 N–H and O–H groups in total. The van der Waals surface area contributed by atoms with Gasteiger partial charge in [-0.25, -0.2) is 9.36 Å². The molecule has 2 heterocycles. The number of halogens is 1. The van der Waals surface area contributed by atoms with E-state index in [0.717, 1.165) is 16.7 Å². The maximum atomic E-state index is 13.6. The van der Waals surface area contributed by atoms with E-state index < -0.39 is 61.0 Å². The second-order valence-corrected chi connectivity index (χ2v) is 10.4. The molecular formula is C22H26BrN4O11P. The van der Waals surface area contributed by atoms with Crippen LogP contribution in [0.4, 0.5) is 5.69 Å². The summed E-state index contributed by atoms with van der Waals surface area (Å²) in [6, 6.07) is 3.51. The lowest BCUT2D eigenvalue weighted by molar-refractivity contribution is -0.384. The Kier molecular flexibility index (Phi) is 10.4. The summed E-state index contributed by atoms with van der Waals surface area (Å²) in [5, 5.41) is 23.9. The van der Waals surface area contributed by atoms with Gasteiger partial charge in [0.1, 0.15) is 24.1 Å². The van der Waals surface area contributed by atoms with Crippen LogP contribution in [0.3, 0.4) is 0 Å². The van der Waals surface area contributed by atoms with Crippen LogP contribution in [-0.2, 0) is 23.4 Å². The quantitative estimate of drug-likeness (QED) is 0.133. The molecule has 5 atom stereocenters. The number of nitrogens with zero attached hydrogens (tertiary/aromatic N) is 2. The summed E-state index contributed by atoms with van der Waals surface area (Å²) in [4.78, 5) is 50.3. The van der Waals surface area contributed by atoms with E-state index in [4.69, 9.17) is 18.5 Å². The number of esters is 1. The molecule has 1 aliphatic rings. The zero-order chi connectivity index (χ0) is 28.7. The van der Waals surface area contributed by atoms with Crippen molar-refractivity contribution in [1.82, 2.24) is 14.6 Å². The Morgan fingerprint density at radius 1 is 1.41 bits per heavy atom. The van der Waals surface area contributed by atoms with Gasteiger partial charge in [-0.2, -0.15) is 5.09 Å². The number of carbonyl (C=O) groups is 1. The minimum Gasteiger partial charge on any atom is -0.465 e. The van der Waals surface area contributed by atoms with Gasteiger partial charge < -0.3 is 19.1 Å². The molecule has 0 bridgehead atoms. The third kappa shape index (κ3) is 7.94. The summed E-state index contributed by atoms with van der Waals surface area (Å²) in [5.74, 6) is -0.804. The molecule has 2 aromatic rings. The van der Waals surface area contributed by atoms with E-state index in [2.05, 4.69) is 26.0 Å². The number of aliphatic hydroxyl groups excluding tert-OH is 1. The van der Waals surface area contributed by atoms with Crippen molar-refractivity contribution in [3.05, 3.63) is 72.0 Å². The van der Waals surface area contributed by atoms with Crippen molar-refractivity contribution in [2.45, 2.75) is 44.7 Å². The number of aromatic nitrogens is 2. The monoisotopic (exact) mass is 632 g/mol. The van der Waals surface area contributed by atoms with Gasteiger partial charge in [-0.1, -0.05) is 15.9 Å². The third-order valence-electron chi connectivity index (χ3n) is 5.43. The average molecular weight is 633 g/mol. The fourth-order valence-electron chi connectivity index (χ4n) is 3.52. The van der Waals surface area contributed by atoms with Gasteiger partial charge in [0.25, 0.3) is 11.2 Å². The van der Waals surface area contributed by atoms with Gasteiger partial charge in [0.2, 0.25) is 0 Å². The van der Waals surface area contributed by atoms with Crippen LogP contribution in [0.15, 0.2) is 45.0 Å². The van der Waals surface area contributed by atoms with Crippen molar-refractivity contribution in [2.24, 2.45) is 0 Å². The van der Waals surface area contributed by atoms with E-state index >= 15 is 0 Å². The predicted octanol–water partition coefficient (Wildman–Crippen LogP) is 2.20. The standard InChI is InChI=1S/C22H26BrN4O11P/c1-3-35-21(30)13(2)25-39(34,38-16-6-4-15(5-7-16)27(32)33)36-12-18-17(28)10-19(37-18)26-11-14(8-9-23)20(29)24-22(26)31/h4-9,11,13,17-19,28H,3,10,12H2,1-2H3,(H,25,34)(H,24,29,31)/t13-,17?,18+,19+,39?/m0/s1. The topological polar surface area (TPSA) is 201 Å². The van der Waals surface area contributed by atoms with Gasteiger partial charge >= 0.3 is 19.4 Å². The molecule has 0 amide bonds. The SMILES string of the molecule is CCOC(=O)[C@H](C)NP(=O)(OC[C@H]1O[C@@H](n2cc(C=CBr)c(=O)[nH]c2=O)CC1O)Oc1ccc([N+](=O)[O-])cc1. The number of nitro groups is 1. The van der Waals surface area contributed by atoms with Gasteiger partial charge in [-0.05, 0) is 37.0 Å². The summed E-state index contributed by atoms with van der Waals surface area (Å²) in [6.07, 6.45) is -0.607. The molecular weight excluding hydrogens is 607 g/mol. The van der Waals surface area contributed by atoms with Crippen LogP contribution in [0.2, 0.25) is 0 Å². The van der Waals surface area contributed by atoms with Crippen LogP contribution >= 0.6 is 23.7 Å². The van der Waals surface area contributed by atoms with Crippen LogP contribution < -0.4 is 20.9 Å². The average Bonchev–Trinajstić information content (AvgIpc) is 3.25. The normalized spacial score (nSPS) is 21.4. The fraction of sp³-hybridized carbons (Fsp3) is 0.409. The van der Waals surface area contributed by atoms with Gasteiger partial charge in [-0.15, -0.1) is 0 Å². The molecule has 212 valence electrons. The van der Waals surface area contributed by atoms with E-state index in [1.165, 1.54) is 36.3 Å². The van der Waals surface area contributed by atoms with E-state index in [9.17, 15) is 34.2 Å². The second-order valence-electron chi connectivity index (χ2n) is 8.21. The minimum atomic E-state index is -4.36. The van der Waals surface area contributed by atoms with Crippen LogP contribution in [0.25, 0.3) is 6.08 Å². The molecule has 1 aromatic heterocycles. The molecule has 2 unspecified atom stereocenters. The van der Waals surface area contributed by atoms with Crippen LogP contribution in [0.1, 0.15) is 32.1 Å². The zero-order valence-electron chi connectivity index (χ0n) is 20.7. The van der Waals surface area contributed by atoms with Crippen LogP contribution in [-0.4, -0.2) is 57.0 Å². The maximum absolute atomic E-state index is 13.6. The van der Waals surface area contributed by atoms with Crippen molar-refractivity contribution in [3.8, 4) is 5.75 Å². The van der Waals surface area contributed by atoms with Crippen molar-refractivity contribution < 1.29 is 37.9 Å². The number of aromatic amines is 1. The first kappa shape index (κ1) is 30.4. The largest absolute Gasteiger partial charge is 0.465 e. The number of carbonyl (C=O) groups excluding carboxylic acids is 1. The molecule has 0 saturated carbocycles. The van der Waals surface area contributed by atoms with E-state index in [1.54, 1.807) is 6.92 Å². The summed E-state index contributed by atoms with van der Waals surface area (Å²) in [5.41, 5.74) is -1.45. The summed E-state index contributed by atoms with van der Waals surface area (Å²) < 4.78 is 36.3. The number of nitrogens with one attached hydrogen (secondary N) is 2. The number of rotatable bonds is 12. The first-order valence-electron chi connectivity index (χ1n) is 11.5. The molecule has 1 saturated heterocycles.